The molecule has 0 aliphatic carbocycles. The highest BCUT2D eigenvalue weighted by Gasteiger charge is 2.08. The Bertz CT molecular complexity index is 736. The van der Waals surface area contributed by atoms with Crippen molar-refractivity contribution in [3.63, 3.8) is 0 Å². The molecule has 0 N–H and O–H groups in total. The fraction of sp³-hybridized carbons (Fsp3) is 0.125. The van der Waals surface area contributed by atoms with Crippen LogP contribution >= 0.6 is 34.5 Å². The van der Waals surface area contributed by atoms with Crippen LogP contribution in [-0.2, 0) is 12.5 Å². The minimum Gasteiger partial charge on any atom is -0.488 e. The van der Waals surface area contributed by atoms with Gasteiger partial charge >= 0.3 is 0 Å². The van der Waals surface area contributed by atoms with E-state index in [2.05, 4.69) is 18.2 Å². The molecule has 102 valence electrons. The van der Waals surface area contributed by atoms with Gasteiger partial charge in [0.1, 0.15) is 12.4 Å². The maximum absolute atomic E-state index is 6.10. The summed E-state index contributed by atoms with van der Waals surface area (Å²) in [4.78, 5) is 1.10. The Balaban J connectivity index is 1.91. The van der Waals surface area contributed by atoms with Crippen LogP contribution in [0.2, 0.25) is 4.34 Å². The lowest BCUT2D eigenvalue weighted by molar-refractivity contribution is 0.308. The van der Waals surface area contributed by atoms with Gasteiger partial charge in [0.15, 0.2) is 0 Å². The van der Waals surface area contributed by atoms with Gasteiger partial charge in [-0.05, 0) is 29.0 Å². The summed E-state index contributed by atoms with van der Waals surface area (Å²) in [6.45, 7) is 0.514. The third kappa shape index (κ3) is 2.78. The molecule has 0 unspecified atom stereocenters. The van der Waals surface area contributed by atoms with E-state index in [1.54, 1.807) is 0 Å². The topological polar surface area (TPSA) is 9.23 Å². The second kappa shape index (κ2) is 6.04. The minimum atomic E-state index is 0.432. The summed E-state index contributed by atoms with van der Waals surface area (Å²) in [6, 6.07) is 16.1. The first-order valence-corrected chi connectivity index (χ1v) is 7.94. The zero-order valence-corrected chi connectivity index (χ0v) is 12.9. The molecule has 0 saturated carbocycles. The Morgan fingerprint density at radius 2 is 1.85 bits per heavy atom. The Hall–Kier alpha value is -1.22. The lowest BCUT2D eigenvalue weighted by Gasteiger charge is -2.12. The van der Waals surface area contributed by atoms with Crippen LogP contribution < -0.4 is 4.74 Å². The predicted octanol–water partition coefficient (Wildman–Crippen LogP) is 5.87. The van der Waals surface area contributed by atoms with Crippen molar-refractivity contribution >= 4 is 45.3 Å². The number of fused-ring (bicyclic) bond motifs is 1. The van der Waals surface area contributed by atoms with Gasteiger partial charge in [-0.25, -0.2) is 0 Å². The van der Waals surface area contributed by atoms with Crippen molar-refractivity contribution < 1.29 is 4.74 Å². The number of alkyl halides is 1. The highest BCUT2D eigenvalue weighted by molar-refractivity contribution is 7.16. The Labute approximate surface area is 131 Å². The van der Waals surface area contributed by atoms with Crippen molar-refractivity contribution in [3.05, 3.63) is 63.3 Å². The van der Waals surface area contributed by atoms with Gasteiger partial charge in [-0.15, -0.1) is 22.9 Å². The molecule has 1 aromatic heterocycles. The Morgan fingerprint density at radius 3 is 2.60 bits per heavy atom. The molecule has 0 amide bonds. The van der Waals surface area contributed by atoms with E-state index in [1.807, 2.05) is 30.3 Å². The van der Waals surface area contributed by atoms with E-state index in [0.717, 1.165) is 25.9 Å². The molecule has 0 atom stereocenters. The quantitative estimate of drug-likeness (QED) is 0.545. The first kappa shape index (κ1) is 13.7. The summed E-state index contributed by atoms with van der Waals surface area (Å²) in [5, 5.41) is 2.32. The molecule has 0 aliphatic rings. The summed E-state index contributed by atoms with van der Waals surface area (Å²) >= 11 is 13.6. The number of thiophene rings is 1. The lowest BCUT2D eigenvalue weighted by Crippen LogP contribution is -1.96. The predicted molar refractivity (Wildman–Crippen MR) is 87.2 cm³/mol. The third-order valence-electron chi connectivity index (χ3n) is 3.13. The number of hydrogen-bond donors (Lipinski definition) is 0. The number of benzene rings is 2. The molecule has 0 saturated heterocycles. The van der Waals surface area contributed by atoms with E-state index < -0.39 is 0 Å². The molecule has 0 spiro atoms. The van der Waals surface area contributed by atoms with Crippen LogP contribution in [-0.4, -0.2) is 0 Å². The molecule has 1 heterocycles. The Morgan fingerprint density at radius 1 is 1.00 bits per heavy atom. The van der Waals surface area contributed by atoms with Gasteiger partial charge in [0.05, 0.1) is 10.2 Å². The smallest absolute Gasteiger partial charge is 0.124 e. The summed E-state index contributed by atoms with van der Waals surface area (Å²) in [6.07, 6.45) is 0. The Kier molecular flexibility index (Phi) is 4.16. The van der Waals surface area contributed by atoms with E-state index in [1.165, 1.54) is 16.7 Å². The van der Waals surface area contributed by atoms with Crippen LogP contribution in [0.1, 0.15) is 10.4 Å². The molecule has 0 fully saturated rings. The average Bonchev–Trinajstić information content (AvgIpc) is 2.90. The lowest BCUT2D eigenvalue weighted by atomic mass is 10.0. The normalized spacial score (nSPS) is 10.9. The highest BCUT2D eigenvalue weighted by atomic mass is 35.5. The standard InChI is InChI=1S/C16H12Cl2OS/c17-9-14-13-4-2-1-3-11(13)5-7-15(14)19-10-12-6-8-16(18)20-12/h1-8H,9-10H2. The van der Waals surface area contributed by atoms with Gasteiger partial charge in [-0.3, -0.25) is 0 Å². The molecule has 3 aromatic rings. The van der Waals surface area contributed by atoms with Crippen molar-refractivity contribution in [1.29, 1.82) is 0 Å². The van der Waals surface area contributed by atoms with Crippen LogP contribution in [0.5, 0.6) is 5.75 Å². The zero-order valence-electron chi connectivity index (χ0n) is 10.6. The molecule has 4 heteroatoms. The number of ether oxygens (including phenoxy) is 1. The van der Waals surface area contributed by atoms with Crippen molar-refractivity contribution in [2.24, 2.45) is 0 Å². The summed E-state index contributed by atoms with van der Waals surface area (Å²) in [5.41, 5.74) is 1.03. The van der Waals surface area contributed by atoms with E-state index >= 15 is 0 Å². The molecule has 0 bridgehead atoms. The van der Waals surface area contributed by atoms with Crippen LogP contribution in [0.15, 0.2) is 48.5 Å². The summed E-state index contributed by atoms with van der Waals surface area (Å²) in [7, 11) is 0. The van der Waals surface area contributed by atoms with Gasteiger partial charge < -0.3 is 4.74 Å². The van der Waals surface area contributed by atoms with E-state index in [-0.39, 0.29) is 0 Å². The molecular weight excluding hydrogens is 311 g/mol. The minimum absolute atomic E-state index is 0.432. The van der Waals surface area contributed by atoms with Crippen molar-refractivity contribution in [2.75, 3.05) is 0 Å². The van der Waals surface area contributed by atoms with Gasteiger partial charge in [0, 0.05) is 10.4 Å². The number of hydrogen-bond acceptors (Lipinski definition) is 2. The van der Waals surface area contributed by atoms with Crippen LogP contribution in [0.3, 0.4) is 0 Å². The fourth-order valence-corrected chi connectivity index (χ4v) is 3.44. The first-order chi connectivity index (χ1) is 9.78. The second-order valence-corrected chi connectivity index (χ2v) is 6.46. The monoisotopic (exact) mass is 322 g/mol. The van der Waals surface area contributed by atoms with Crippen molar-refractivity contribution in [2.45, 2.75) is 12.5 Å². The second-order valence-electron chi connectivity index (χ2n) is 4.39. The van der Waals surface area contributed by atoms with E-state index in [0.29, 0.717) is 12.5 Å². The van der Waals surface area contributed by atoms with Crippen molar-refractivity contribution in [3.8, 4) is 5.75 Å². The first-order valence-electron chi connectivity index (χ1n) is 6.21. The van der Waals surface area contributed by atoms with E-state index in [4.69, 9.17) is 27.9 Å². The van der Waals surface area contributed by atoms with Gasteiger partial charge in [-0.1, -0.05) is 41.9 Å². The van der Waals surface area contributed by atoms with Crippen LogP contribution in [0, 0.1) is 0 Å². The van der Waals surface area contributed by atoms with Gasteiger partial charge in [-0.2, -0.15) is 0 Å². The molecular formula is C16H12Cl2OS. The van der Waals surface area contributed by atoms with Crippen LogP contribution in [0.4, 0.5) is 0 Å². The fourth-order valence-electron chi connectivity index (χ4n) is 2.17. The summed E-state index contributed by atoms with van der Waals surface area (Å²) < 4.78 is 6.68. The third-order valence-corrected chi connectivity index (χ3v) is 4.60. The van der Waals surface area contributed by atoms with Gasteiger partial charge in [0.2, 0.25) is 0 Å². The number of halogens is 2. The molecule has 1 nitrogen and oxygen atoms in total. The number of rotatable bonds is 4. The maximum Gasteiger partial charge on any atom is 0.124 e. The molecule has 2 aromatic carbocycles. The molecule has 0 radical (unpaired) electrons. The SMILES string of the molecule is ClCc1c(OCc2ccc(Cl)s2)ccc2ccccc12. The molecule has 20 heavy (non-hydrogen) atoms. The maximum atomic E-state index is 6.10. The summed E-state index contributed by atoms with van der Waals surface area (Å²) in [5.74, 6) is 1.27. The average molecular weight is 323 g/mol. The highest BCUT2D eigenvalue weighted by Crippen LogP contribution is 2.31. The molecule has 0 aliphatic heterocycles. The largest absolute Gasteiger partial charge is 0.488 e. The van der Waals surface area contributed by atoms with E-state index in [9.17, 15) is 0 Å². The van der Waals surface area contributed by atoms with Gasteiger partial charge in [0.25, 0.3) is 0 Å². The van der Waals surface area contributed by atoms with Crippen molar-refractivity contribution in [1.82, 2.24) is 0 Å². The molecule has 3 rings (SSSR count). The van der Waals surface area contributed by atoms with Crippen LogP contribution in [0.25, 0.3) is 10.8 Å². The zero-order chi connectivity index (χ0) is 13.9.